The van der Waals surface area contributed by atoms with Crippen LogP contribution in [-0.4, -0.2) is 11.9 Å². The monoisotopic (exact) mass is 353 g/mol. The Kier molecular flexibility index (Phi) is 4.64. The van der Waals surface area contributed by atoms with E-state index in [2.05, 4.69) is 12.2 Å². The van der Waals surface area contributed by atoms with E-state index in [1.54, 1.807) is 6.07 Å². The fourth-order valence-corrected chi connectivity index (χ4v) is 3.64. The minimum Gasteiger partial charge on any atom is -0.421 e. The fraction of sp³-hybridized carbons (Fsp3) is 0.412. The van der Waals surface area contributed by atoms with Gasteiger partial charge in [-0.15, -0.1) is 0 Å². The number of hydrogen-bond donors (Lipinski definition) is 1. The lowest BCUT2D eigenvalue weighted by molar-refractivity contribution is 0.0906. The van der Waals surface area contributed by atoms with Gasteiger partial charge in [-0.2, -0.15) is 0 Å². The van der Waals surface area contributed by atoms with Gasteiger partial charge in [0.1, 0.15) is 5.56 Å². The van der Waals surface area contributed by atoms with Crippen LogP contribution in [0.2, 0.25) is 10.0 Å². The fourth-order valence-electron chi connectivity index (χ4n) is 3.09. The van der Waals surface area contributed by atoms with Crippen LogP contribution in [0.1, 0.15) is 43.0 Å². The van der Waals surface area contributed by atoms with Gasteiger partial charge in [-0.05, 0) is 37.0 Å². The van der Waals surface area contributed by atoms with Crippen molar-refractivity contribution in [1.82, 2.24) is 5.32 Å². The van der Waals surface area contributed by atoms with Crippen molar-refractivity contribution in [3.63, 3.8) is 0 Å². The van der Waals surface area contributed by atoms with E-state index in [9.17, 15) is 9.59 Å². The van der Waals surface area contributed by atoms with E-state index in [4.69, 9.17) is 27.6 Å². The molecule has 1 aliphatic carbocycles. The zero-order chi connectivity index (χ0) is 16.6. The first-order chi connectivity index (χ1) is 11.0. The molecule has 1 amide bonds. The molecular weight excluding hydrogens is 337 g/mol. The average Bonchev–Trinajstić information content (AvgIpc) is 2.49. The average molecular weight is 354 g/mol. The molecule has 1 aromatic heterocycles. The molecule has 1 heterocycles. The summed E-state index contributed by atoms with van der Waals surface area (Å²) in [5.41, 5.74) is -0.472. The maximum Gasteiger partial charge on any atom is 0.349 e. The molecule has 0 bridgehead atoms. The van der Waals surface area contributed by atoms with Crippen LogP contribution < -0.4 is 10.9 Å². The third-order valence-electron chi connectivity index (χ3n) is 4.42. The quantitative estimate of drug-likeness (QED) is 0.813. The summed E-state index contributed by atoms with van der Waals surface area (Å²) < 4.78 is 5.21. The van der Waals surface area contributed by atoms with E-state index < -0.39 is 11.5 Å². The minimum absolute atomic E-state index is 0.0198. The lowest BCUT2D eigenvalue weighted by Gasteiger charge is -2.29. The van der Waals surface area contributed by atoms with Crippen LogP contribution in [-0.2, 0) is 0 Å². The third kappa shape index (κ3) is 3.38. The van der Waals surface area contributed by atoms with E-state index in [-0.39, 0.29) is 22.2 Å². The Morgan fingerprint density at radius 1 is 1.22 bits per heavy atom. The SMILES string of the molecule is C[C@@H]1CCCC[C@@H]1NC(=O)c1cc2cc(Cl)cc(Cl)c2oc1=O. The molecule has 1 fully saturated rings. The van der Waals surface area contributed by atoms with Crippen LogP contribution in [0.15, 0.2) is 27.4 Å². The summed E-state index contributed by atoms with van der Waals surface area (Å²) in [6.45, 7) is 2.12. The van der Waals surface area contributed by atoms with Crippen molar-refractivity contribution < 1.29 is 9.21 Å². The minimum atomic E-state index is -0.692. The standard InChI is InChI=1S/C17H17Cl2NO3/c1-9-4-2-3-5-14(9)20-16(21)12-7-10-6-11(18)8-13(19)15(10)23-17(12)22/h6-9,14H,2-5H2,1H3,(H,20,21)/t9-,14+/m1/s1. The maximum absolute atomic E-state index is 12.5. The van der Waals surface area contributed by atoms with E-state index in [1.807, 2.05) is 0 Å². The van der Waals surface area contributed by atoms with Crippen LogP contribution in [0, 0.1) is 5.92 Å². The van der Waals surface area contributed by atoms with Gasteiger partial charge in [0.25, 0.3) is 5.91 Å². The number of carbonyl (C=O) groups is 1. The highest BCUT2D eigenvalue weighted by Crippen LogP contribution is 2.28. The second-order valence-electron chi connectivity index (χ2n) is 6.10. The Balaban J connectivity index is 1.94. The van der Waals surface area contributed by atoms with Gasteiger partial charge >= 0.3 is 5.63 Å². The van der Waals surface area contributed by atoms with Crippen LogP contribution in [0.25, 0.3) is 11.0 Å². The molecule has 4 nitrogen and oxygen atoms in total. The van der Waals surface area contributed by atoms with Gasteiger partial charge in [0.05, 0.1) is 5.02 Å². The molecule has 6 heteroatoms. The van der Waals surface area contributed by atoms with E-state index in [0.717, 1.165) is 19.3 Å². The Morgan fingerprint density at radius 2 is 1.96 bits per heavy atom. The summed E-state index contributed by atoms with van der Waals surface area (Å²) in [5, 5.41) is 4.15. The van der Waals surface area contributed by atoms with Crippen LogP contribution in [0.4, 0.5) is 0 Å². The molecule has 0 radical (unpaired) electrons. The maximum atomic E-state index is 12.5. The van der Waals surface area contributed by atoms with Crippen molar-refractivity contribution in [2.75, 3.05) is 0 Å². The van der Waals surface area contributed by atoms with Gasteiger partial charge in [0, 0.05) is 16.5 Å². The number of fused-ring (bicyclic) bond motifs is 1. The first-order valence-electron chi connectivity index (χ1n) is 7.69. The highest BCUT2D eigenvalue weighted by molar-refractivity contribution is 6.38. The summed E-state index contributed by atoms with van der Waals surface area (Å²) in [6, 6.07) is 4.69. The van der Waals surface area contributed by atoms with Gasteiger partial charge in [-0.3, -0.25) is 4.79 Å². The van der Waals surface area contributed by atoms with Crippen molar-refractivity contribution in [1.29, 1.82) is 0 Å². The topological polar surface area (TPSA) is 59.3 Å². The molecular formula is C17H17Cl2NO3. The Labute approximate surface area is 143 Å². The number of halogens is 2. The Morgan fingerprint density at radius 3 is 2.70 bits per heavy atom. The van der Waals surface area contributed by atoms with E-state index in [1.165, 1.54) is 18.6 Å². The first kappa shape index (κ1) is 16.3. The van der Waals surface area contributed by atoms with E-state index >= 15 is 0 Å². The predicted octanol–water partition coefficient (Wildman–Crippen LogP) is 4.41. The first-order valence-corrected chi connectivity index (χ1v) is 8.45. The Hall–Kier alpha value is -1.52. The zero-order valence-corrected chi connectivity index (χ0v) is 14.2. The second kappa shape index (κ2) is 6.54. The van der Waals surface area contributed by atoms with Crippen LogP contribution in [0.5, 0.6) is 0 Å². The molecule has 1 aromatic carbocycles. The van der Waals surface area contributed by atoms with Crippen molar-refractivity contribution in [3.8, 4) is 0 Å². The molecule has 0 unspecified atom stereocenters. The highest BCUT2D eigenvalue weighted by atomic mass is 35.5. The normalized spacial score (nSPS) is 21.3. The van der Waals surface area contributed by atoms with Gasteiger partial charge in [0.15, 0.2) is 5.58 Å². The van der Waals surface area contributed by atoms with Gasteiger partial charge in [-0.1, -0.05) is 43.0 Å². The number of benzene rings is 1. The second-order valence-corrected chi connectivity index (χ2v) is 6.94. The number of nitrogens with one attached hydrogen (secondary N) is 1. The smallest absolute Gasteiger partial charge is 0.349 e. The van der Waals surface area contributed by atoms with Crippen molar-refractivity contribution in [2.45, 2.75) is 38.6 Å². The lowest BCUT2D eigenvalue weighted by atomic mass is 9.86. The number of amides is 1. The van der Waals surface area contributed by atoms with Gasteiger partial charge in [0.2, 0.25) is 0 Å². The molecule has 1 saturated carbocycles. The Bertz CT molecular complexity index is 815. The highest BCUT2D eigenvalue weighted by Gasteiger charge is 2.25. The summed E-state index contributed by atoms with van der Waals surface area (Å²) in [5.74, 6) is -0.000385. The van der Waals surface area contributed by atoms with Gasteiger partial charge in [-0.25, -0.2) is 4.79 Å². The van der Waals surface area contributed by atoms with Crippen molar-refractivity contribution >= 4 is 40.1 Å². The zero-order valence-electron chi connectivity index (χ0n) is 12.7. The molecule has 2 atom stereocenters. The van der Waals surface area contributed by atoms with E-state index in [0.29, 0.717) is 16.3 Å². The lowest BCUT2D eigenvalue weighted by Crippen LogP contribution is -2.42. The summed E-state index contributed by atoms with van der Waals surface area (Å²) >= 11 is 12.0. The molecule has 3 rings (SSSR count). The molecule has 2 aromatic rings. The van der Waals surface area contributed by atoms with Crippen LogP contribution in [0.3, 0.4) is 0 Å². The number of rotatable bonds is 2. The predicted molar refractivity (Wildman–Crippen MR) is 91.4 cm³/mol. The molecule has 1 aliphatic rings. The van der Waals surface area contributed by atoms with Crippen molar-refractivity contribution in [3.05, 3.63) is 44.2 Å². The van der Waals surface area contributed by atoms with Gasteiger partial charge < -0.3 is 9.73 Å². The molecule has 0 aliphatic heterocycles. The molecule has 122 valence electrons. The summed E-state index contributed by atoms with van der Waals surface area (Å²) in [6.07, 6.45) is 4.29. The summed E-state index contributed by atoms with van der Waals surface area (Å²) in [7, 11) is 0. The van der Waals surface area contributed by atoms with Crippen LogP contribution >= 0.6 is 23.2 Å². The third-order valence-corrected chi connectivity index (χ3v) is 4.92. The number of hydrogen-bond acceptors (Lipinski definition) is 3. The largest absolute Gasteiger partial charge is 0.421 e. The molecule has 1 N–H and O–H groups in total. The van der Waals surface area contributed by atoms with Crippen molar-refractivity contribution in [2.24, 2.45) is 5.92 Å². The number of carbonyl (C=O) groups excluding carboxylic acids is 1. The molecule has 0 spiro atoms. The molecule has 23 heavy (non-hydrogen) atoms. The molecule has 0 saturated heterocycles. The summed E-state index contributed by atoms with van der Waals surface area (Å²) in [4.78, 5) is 24.6.